The van der Waals surface area contributed by atoms with Crippen LogP contribution in [0.25, 0.3) is 0 Å². The number of imidazole rings is 1. The van der Waals surface area contributed by atoms with Gasteiger partial charge in [0.15, 0.2) is 0 Å². The van der Waals surface area contributed by atoms with Gasteiger partial charge >= 0.3 is 0 Å². The zero-order chi connectivity index (χ0) is 12.3. The number of aliphatic hydroxyl groups excluding tert-OH is 1. The second kappa shape index (κ2) is 9.15. The molecule has 0 bridgehead atoms. The fourth-order valence-electron chi connectivity index (χ4n) is 1.66. The van der Waals surface area contributed by atoms with Gasteiger partial charge < -0.3 is 19.7 Å². The summed E-state index contributed by atoms with van der Waals surface area (Å²) in [6.07, 6.45) is 6.87. The highest BCUT2D eigenvalue weighted by Crippen LogP contribution is 2.02. The summed E-state index contributed by atoms with van der Waals surface area (Å²) in [6.45, 7) is 3.60. The molecule has 0 radical (unpaired) electrons. The van der Waals surface area contributed by atoms with Crippen molar-refractivity contribution in [3.05, 3.63) is 18.2 Å². The maximum absolute atomic E-state index is 8.70. The van der Waals surface area contributed by atoms with Crippen LogP contribution in [0, 0.1) is 0 Å². The van der Waals surface area contributed by atoms with Crippen LogP contribution in [0.2, 0.25) is 0 Å². The summed E-state index contributed by atoms with van der Waals surface area (Å²) in [5.74, 6) is 1.06. The fourth-order valence-corrected chi connectivity index (χ4v) is 1.66. The van der Waals surface area contributed by atoms with Gasteiger partial charge in [0.2, 0.25) is 0 Å². The minimum atomic E-state index is 0.287. The van der Waals surface area contributed by atoms with Gasteiger partial charge in [0.25, 0.3) is 0 Å². The number of rotatable bonds is 10. The topological polar surface area (TPSA) is 59.3 Å². The van der Waals surface area contributed by atoms with E-state index in [1.807, 2.05) is 12.4 Å². The number of methoxy groups -OCH3 is 1. The Morgan fingerprint density at radius 2 is 2.29 bits per heavy atom. The van der Waals surface area contributed by atoms with E-state index in [4.69, 9.17) is 9.84 Å². The molecule has 0 saturated heterocycles. The Morgan fingerprint density at radius 3 is 3.06 bits per heavy atom. The number of ether oxygens (including phenoxy) is 1. The second-order valence-electron chi connectivity index (χ2n) is 3.99. The lowest BCUT2D eigenvalue weighted by atomic mass is 10.2. The summed E-state index contributed by atoms with van der Waals surface area (Å²) in [5, 5.41) is 12.0. The monoisotopic (exact) mass is 241 g/mol. The minimum Gasteiger partial charge on any atom is -0.396 e. The summed E-state index contributed by atoms with van der Waals surface area (Å²) >= 11 is 0. The molecule has 1 aromatic rings. The molecule has 98 valence electrons. The third-order valence-corrected chi connectivity index (χ3v) is 2.62. The maximum Gasteiger partial charge on any atom is 0.122 e. The molecule has 5 heteroatoms. The summed E-state index contributed by atoms with van der Waals surface area (Å²) < 4.78 is 7.13. The van der Waals surface area contributed by atoms with Gasteiger partial charge in [-0.2, -0.15) is 0 Å². The van der Waals surface area contributed by atoms with Crippen LogP contribution in [0.3, 0.4) is 0 Å². The molecular formula is C12H23N3O2. The number of aryl methyl sites for hydroxylation is 1. The smallest absolute Gasteiger partial charge is 0.122 e. The first-order valence-corrected chi connectivity index (χ1v) is 6.19. The lowest BCUT2D eigenvalue weighted by molar-refractivity contribution is 0.198. The Bertz CT molecular complexity index is 263. The van der Waals surface area contributed by atoms with E-state index in [1.54, 1.807) is 7.11 Å². The van der Waals surface area contributed by atoms with Crippen molar-refractivity contribution >= 4 is 0 Å². The Hall–Kier alpha value is -0.910. The molecular weight excluding hydrogens is 218 g/mol. The van der Waals surface area contributed by atoms with Gasteiger partial charge in [-0.05, 0) is 19.3 Å². The number of nitrogens with one attached hydrogen (secondary N) is 1. The van der Waals surface area contributed by atoms with Crippen LogP contribution in [0.1, 0.15) is 25.1 Å². The molecule has 0 aliphatic heterocycles. The highest BCUT2D eigenvalue weighted by Gasteiger charge is 2.01. The molecule has 2 N–H and O–H groups in total. The van der Waals surface area contributed by atoms with Crippen LogP contribution in [0.5, 0.6) is 0 Å². The average Bonchev–Trinajstić information content (AvgIpc) is 2.78. The van der Waals surface area contributed by atoms with Crippen molar-refractivity contribution in [2.24, 2.45) is 0 Å². The van der Waals surface area contributed by atoms with Crippen molar-refractivity contribution in [1.82, 2.24) is 14.9 Å². The van der Waals surface area contributed by atoms with Crippen molar-refractivity contribution in [3.8, 4) is 0 Å². The number of hydrogen-bond acceptors (Lipinski definition) is 4. The average molecular weight is 241 g/mol. The molecule has 0 aliphatic rings. The van der Waals surface area contributed by atoms with Crippen LogP contribution in [0.4, 0.5) is 0 Å². The van der Waals surface area contributed by atoms with Crippen molar-refractivity contribution in [2.75, 3.05) is 26.9 Å². The van der Waals surface area contributed by atoms with Gasteiger partial charge in [0.1, 0.15) is 5.82 Å². The summed E-state index contributed by atoms with van der Waals surface area (Å²) in [7, 11) is 1.70. The van der Waals surface area contributed by atoms with E-state index in [-0.39, 0.29) is 6.61 Å². The van der Waals surface area contributed by atoms with Crippen LogP contribution in [-0.4, -0.2) is 41.5 Å². The van der Waals surface area contributed by atoms with Crippen LogP contribution >= 0.6 is 0 Å². The first-order chi connectivity index (χ1) is 8.38. The van der Waals surface area contributed by atoms with Crippen LogP contribution in [0.15, 0.2) is 12.4 Å². The molecule has 0 aliphatic carbocycles. The van der Waals surface area contributed by atoms with Crippen molar-refractivity contribution in [2.45, 2.75) is 32.4 Å². The molecule has 0 unspecified atom stereocenters. The first-order valence-electron chi connectivity index (χ1n) is 6.19. The Labute approximate surface area is 103 Å². The highest BCUT2D eigenvalue weighted by molar-refractivity contribution is 4.91. The Balaban J connectivity index is 2.22. The van der Waals surface area contributed by atoms with Crippen molar-refractivity contribution in [3.63, 3.8) is 0 Å². The number of nitrogens with zero attached hydrogens (tertiary/aromatic N) is 2. The van der Waals surface area contributed by atoms with E-state index in [1.165, 1.54) is 0 Å². The van der Waals surface area contributed by atoms with Crippen molar-refractivity contribution < 1.29 is 9.84 Å². The third-order valence-electron chi connectivity index (χ3n) is 2.62. The van der Waals surface area contributed by atoms with Gasteiger partial charge in [-0.3, -0.25) is 0 Å². The molecule has 0 saturated carbocycles. The van der Waals surface area contributed by atoms with Gasteiger partial charge in [0, 0.05) is 39.2 Å². The molecule has 0 aromatic carbocycles. The van der Waals surface area contributed by atoms with Crippen LogP contribution in [-0.2, 0) is 17.8 Å². The summed E-state index contributed by atoms with van der Waals surface area (Å²) in [4.78, 5) is 4.32. The number of unbranched alkanes of at least 4 members (excludes halogenated alkanes) is 2. The zero-order valence-corrected chi connectivity index (χ0v) is 10.6. The van der Waals surface area contributed by atoms with E-state index < -0.39 is 0 Å². The fraction of sp³-hybridized carbons (Fsp3) is 0.750. The van der Waals surface area contributed by atoms with Crippen molar-refractivity contribution in [1.29, 1.82) is 0 Å². The standard InChI is InChI=1S/C12H23N3O2/c1-17-10-6-13-11-12-14-5-8-15(12)7-3-2-4-9-16/h5,8,13,16H,2-4,6-7,9-11H2,1H3. The molecule has 0 amide bonds. The molecule has 17 heavy (non-hydrogen) atoms. The van der Waals surface area contributed by atoms with E-state index >= 15 is 0 Å². The van der Waals surface area contributed by atoms with E-state index in [2.05, 4.69) is 14.9 Å². The molecule has 0 atom stereocenters. The van der Waals surface area contributed by atoms with E-state index in [9.17, 15) is 0 Å². The maximum atomic E-state index is 8.70. The number of hydrogen-bond donors (Lipinski definition) is 2. The predicted molar refractivity (Wildman–Crippen MR) is 66.7 cm³/mol. The predicted octanol–water partition coefficient (Wildman–Crippen LogP) is 0.782. The molecule has 0 fully saturated rings. The van der Waals surface area contributed by atoms with Gasteiger partial charge in [-0.1, -0.05) is 0 Å². The number of aromatic nitrogens is 2. The third kappa shape index (κ3) is 5.81. The summed E-state index contributed by atoms with van der Waals surface area (Å²) in [5.41, 5.74) is 0. The molecule has 1 aromatic heterocycles. The van der Waals surface area contributed by atoms with Gasteiger partial charge in [0.05, 0.1) is 13.2 Å². The Kier molecular flexibility index (Phi) is 7.62. The Morgan fingerprint density at radius 1 is 1.41 bits per heavy atom. The quantitative estimate of drug-likeness (QED) is 0.594. The lowest BCUT2D eigenvalue weighted by Gasteiger charge is -2.08. The SMILES string of the molecule is COCCNCc1nccn1CCCCCO. The van der Waals surface area contributed by atoms with Gasteiger partial charge in [-0.15, -0.1) is 0 Å². The first kappa shape index (κ1) is 14.2. The van der Waals surface area contributed by atoms with E-state index in [0.717, 1.165) is 51.3 Å². The normalized spacial score (nSPS) is 10.9. The minimum absolute atomic E-state index is 0.287. The molecule has 1 rings (SSSR count). The largest absolute Gasteiger partial charge is 0.396 e. The highest BCUT2D eigenvalue weighted by atomic mass is 16.5. The van der Waals surface area contributed by atoms with Gasteiger partial charge in [-0.25, -0.2) is 4.98 Å². The zero-order valence-electron chi connectivity index (χ0n) is 10.6. The lowest BCUT2D eigenvalue weighted by Crippen LogP contribution is -2.21. The van der Waals surface area contributed by atoms with Crippen LogP contribution < -0.4 is 5.32 Å². The molecule has 0 spiro atoms. The van der Waals surface area contributed by atoms with E-state index in [0.29, 0.717) is 0 Å². The molecule has 5 nitrogen and oxygen atoms in total. The summed E-state index contributed by atoms with van der Waals surface area (Å²) in [6, 6.07) is 0. The second-order valence-corrected chi connectivity index (χ2v) is 3.99. The molecule has 1 heterocycles. The number of aliphatic hydroxyl groups is 1.